The summed E-state index contributed by atoms with van der Waals surface area (Å²) in [5, 5.41) is 2.34. The summed E-state index contributed by atoms with van der Waals surface area (Å²) in [4.78, 5) is 12.4. The molecule has 2 aliphatic rings. The van der Waals surface area contributed by atoms with Crippen LogP contribution in [-0.2, 0) is 36.6 Å². The number of nitrogens with zero attached hydrogens (tertiary/aromatic N) is 4. The molecule has 5 aromatic carbocycles. The van der Waals surface area contributed by atoms with Gasteiger partial charge in [-0.05, 0) is 68.8 Å². The summed E-state index contributed by atoms with van der Waals surface area (Å²) in [6.45, 7) is 16.4. The third kappa shape index (κ3) is 5.89. The van der Waals surface area contributed by atoms with Crippen molar-refractivity contribution in [1.29, 1.82) is 0 Å². The second-order valence-corrected chi connectivity index (χ2v) is 16.4. The van der Waals surface area contributed by atoms with E-state index in [-0.39, 0.29) is 37.9 Å². The zero-order valence-electron chi connectivity index (χ0n) is 31.8. The fourth-order valence-electron chi connectivity index (χ4n) is 8.00. The first kappa shape index (κ1) is 36.0. The summed E-state index contributed by atoms with van der Waals surface area (Å²) >= 11 is 0. The number of hydrogen-bond donors (Lipinski definition) is 0. The smallest absolute Gasteiger partial charge is 0.518 e. The van der Waals surface area contributed by atoms with Crippen LogP contribution in [0.25, 0.3) is 38.8 Å². The van der Waals surface area contributed by atoms with Crippen molar-refractivity contribution in [3.63, 3.8) is 0 Å². The summed E-state index contributed by atoms with van der Waals surface area (Å²) in [6.07, 6.45) is 1.93. The molecule has 5 nitrogen and oxygen atoms in total. The van der Waals surface area contributed by atoms with Crippen molar-refractivity contribution in [2.75, 3.05) is 11.5 Å². The van der Waals surface area contributed by atoms with Gasteiger partial charge in [0.15, 0.2) is 0 Å². The van der Waals surface area contributed by atoms with E-state index in [1.165, 1.54) is 22.1 Å². The molecule has 2 aromatic heterocycles. The van der Waals surface area contributed by atoms with Gasteiger partial charge in [0.05, 0.1) is 12.6 Å². The third-order valence-electron chi connectivity index (χ3n) is 11.1. The normalized spacial score (nSPS) is 16.2. The van der Waals surface area contributed by atoms with Crippen LogP contribution < -0.4 is 4.90 Å². The van der Waals surface area contributed by atoms with Crippen LogP contribution in [0.15, 0.2) is 120 Å². The average molecular weight is 888 g/mol. The Morgan fingerprint density at radius 3 is 2.30 bits per heavy atom. The number of aromatic nitrogens is 2. The first-order chi connectivity index (χ1) is 25.5. The van der Waals surface area contributed by atoms with Crippen LogP contribution in [0.3, 0.4) is 0 Å². The van der Waals surface area contributed by atoms with Crippen LogP contribution >= 0.6 is 0 Å². The van der Waals surface area contributed by atoms with Gasteiger partial charge in [-0.3, -0.25) is 4.99 Å². The minimum absolute atomic E-state index is 0. The Morgan fingerprint density at radius 1 is 0.796 bits per heavy atom. The molecule has 1 atom stereocenters. The van der Waals surface area contributed by atoms with Crippen LogP contribution in [0.2, 0.25) is 0 Å². The molecular formula is C48H44N4OPt. The minimum atomic E-state index is -0.302. The zero-order valence-corrected chi connectivity index (χ0v) is 34.1. The molecule has 0 N–H and O–H groups in total. The topological polar surface area (TPSA) is 42.6 Å². The van der Waals surface area contributed by atoms with E-state index in [0.29, 0.717) is 18.4 Å². The molecule has 0 bridgehead atoms. The molecule has 6 heteroatoms. The van der Waals surface area contributed by atoms with Gasteiger partial charge in [0.2, 0.25) is 0 Å². The number of pyridine rings is 1. The maximum atomic E-state index is 6.29. The Bertz CT molecular complexity index is 2580. The maximum absolute atomic E-state index is 6.29. The Hall–Kier alpha value is -4.99. The summed E-state index contributed by atoms with van der Waals surface area (Å²) < 4.78 is 8.58. The van der Waals surface area contributed by atoms with Gasteiger partial charge < -0.3 is 14.2 Å². The fraction of sp³-hybridized carbons (Fsp3) is 0.250. The number of ether oxygens (including phenoxy) is 1. The van der Waals surface area contributed by atoms with E-state index in [4.69, 9.17) is 14.7 Å². The first-order valence-electron chi connectivity index (χ1n) is 18.7. The van der Waals surface area contributed by atoms with Crippen LogP contribution in [0.4, 0.5) is 17.1 Å². The number of benzene rings is 5. The maximum Gasteiger partial charge on any atom is 2.00 e. The van der Waals surface area contributed by atoms with E-state index in [1.807, 2.05) is 6.20 Å². The van der Waals surface area contributed by atoms with Crippen molar-refractivity contribution in [3.05, 3.63) is 150 Å². The number of aliphatic imine (C=N–C) groups is 1. The molecule has 0 aliphatic carbocycles. The standard InChI is InChI=1S/C48H44N4O.Pt/c1-30(2)40-29-53-46(50-40)33-23-32(31-15-9-8-10-16-31)24-35(25-33)51-42-20-14-12-18-38(42)48(6,7)39-27-37-36-17-11-13-19-41(36)52(43(37)28-44(39)51)45-26-34(21-22-49-45)47(3,4)5;/h8-24,26-27,30,40H,29H2,1-7H3;/q-2;+2/t40-;/m0./s1. The summed E-state index contributed by atoms with van der Waals surface area (Å²) in [6, 6.07) is 47.1. The molecule has 4 heterocycles. The number of hydrogen-bond acceptors (Lipinski definition) is 4. The first-order valence-corrected chi connectivity index (χ1v) is 18.7. The van der Waals surface area contributed by atoms with Gasteiger partial charge in [-0.15, -0.1) is 35.2 Å². The molecule has 7 aromatic rings. The number of para-hydroxylation sites is 2. The van der Waals surface area contributed by atoms with Gasteiger partial charge in [0.25, 0.3) is 0 Å². The molecule has 0 amide bonds. The molecule has 2 aliphatic heterocycles. The van der Waals surface area contributed by atoms with E-state index in [2.05, 4.69) is 179 Å². The predicted molar refractivity (Wildman–Crippen MR) is 218 cm³/mol. The van der Waals surface area contributed by atoms with E-state index < -0.39 is 0 Å². The van der Waals surface area contributed by atoms with E-state index in [0.717, 1.165) is 56.0 Å². The summed E-state index contributed by atoms with van der Waals surface area (Å²) in [5.74, 6) is 1.92. The molecular weight excluding hydrogens is 844 g/mol. The van der Waals surface area contributed by atoms with E-state index in [9.17, 15) is 0 Å². The van der Waals surface area contributed by atoms with Crippen molar-refractivity contribution >= 4 is 44.8 Å². The average Bonchev–Trinajstić information content (AvgIpc) is 3.78. The minimum Gasteiger partial charge on any atom is -0.518 e. The van der Waals surface area contributed by atoms with Crippen LogP contribution in [0.5, 0.6) is 0 Å². The predicted octanol–water partition coefficient (Wildman–Crippen LogP) is 11.7. The van der Waals surface area contributed by atoms with Gasteiger partial charge in [-0.2, -0.15) is 6.07 Å². The van der Waals surface area contributed by atoms with Crippen molar-refractivity contribution in [2.24, 2.45) is 10.9 Å². The van der Waals surface area contributed by atoms with Crippen LogP contribution in [-0.4, -0.2) is 28.1 Å². The second kappa shape index (κ2) is 13.4. The molecule has 0 fully saturated rings. The molecule has 9 rings (SSSR count). The fourth-order valence-corrected chi connectivity index (χ4v) is 8.00. The number of fused-ring (bicyclic) bond motifs is 5. The second-order valence-electron chi connectivity index (χ2n) is 16.4. The van der Waals surface area contributed by atoms with Crippen molar-refractivity contribution in [3.8, 4) is 16.9 Å². The molecule has 0 saturated carbocycles. The van der Waals surface area contributed by atoms with Crippen LogP contribution in [0.1, 0.15) is 70.7 Å². The number of rotatable bonds is 5. The summed E-state index contributed by atoms with van der Waals surface area (Å²) in [7, 11) is 0. The molecule has 54 heavy (non-hydrogen) atoms. The van der Waals surface area contributed by atoms with Gasteiger partial charge in [-0.1, -0.05) is 138 Å². The van der Waals surface area contributed by atoms with E-state index in [1.54, 1.807) is 0 Å². The van der Waals surface area contributed by atoms with E-state index >= 15 is 0 Å². The molecule has 0 radical (unpaired) electrons. The molecule has 0 unspecified atom stereocenters. The molecule has 272 valence electrons. The molecule has 0 saturated heterocycles. The third-order valence-corrected chi connectivity index (χ3v) is 11.1. The van der Waals surface area contributed by atoms with Crippen molar-refractivity contribution in [2.45, 2.75) is 65.3 Å². The molecule has 0 spiro atoms. The van der Waals surface area contributed by atoms with Gasteiger partial charge in [0.1, 0.15) is 11.7 Å². The Kier molecular flexibility index (Phi) is 8.93. The number of anilines is 3. The Balaban J connectivity index is 0.00000413. The quantitative estimate of drug-likeness (QED) is 0.162. The van der Waals surface area contributed by atoms with Crippen molar-refractivity contribution in [1.82, 2.24) is 9.55 Å². The van der Waals surface area contributed by atoms with Gasteiger partial charge in [-0.25, -0.2) is 4.98 Å². The monoisotopic (exact) mass is 887 g/mol. The summed E-state index contributed by atoms with van der Waals surface area (Å²) in [5.41, 5.74) is 11.5. The Labute approximate surface area is 333 Å². The largest absolute Gasteiger partial charge is 2.00 e. The van der Waals surface area contributed by atoms with Gasteiger partial charge >= 0.3 is 21.1 Å². The SMILES string of the molecule is CC(C)[C@@H]1COC(c2[c-]c(N3c4[c-]c5c(cc4C(C)(C)c4ccccc43)c3ccccc3n5-c3cc(C(C)(C)C)ccn3)cc(-c3ccccc3)c2)=N1.[Pt+2]. The van der Waals surface area contributed by atoms with Crippen molar-refractivity contribution < 1.29 is 25.8 Å². The Morgan fingerprint density at radius 2 is 1.54 bits per heavy atom. The van der Waals surface area contributed by atoms with Crippen LogP contribution in [0, 0.1) is 18.1 Å². The van der Waals surface area contributed by atoms with Gasteiger partial charge in [0, 0.05) is 17.4 Å². The zero-order chi connectivity index (χ0) is 36.6.